The average Bonchev–Trinajstić information content (AvgIpc) is 3.17. The number of ether oxygens (including phenoxy) is 1. The molecule has 4 nitrogen and oxygen atoms in total. The number of aromatic nitrogens is 1. The number of nitrogens with one attached hydrogen (secondary N) is 1. The first-order valence-corrected chi connectivity index (χ1v) is 9.85. The van der Waals surface area contributed by atoms with Crippen molar-refractivity contribution < 1.29 is 9.53 Å². The molecule has 0 aliphatic heterocycles. The number of methoxy groups -OCH3 is 1. The molecule has 27 heavy (non-hydrogen) atoms. The summed E-state index contributed by atoms with van der Waals surface area (Å²) in [5.74, 6) is 0.363. The number of benzene rings is 2. The van der Waals surface area contributed by atoms with Crippen LogP contribution in [0.15, 0.2) is 71.3 Å². The first kappa shape index (κ1) is 17.7. The number of fused-ring (bicyclic) bond motifs is 1. The van der Waals surface area contributed by atoms with Gasteiger partial charge in [-0.15, -0.1) is 11.3 Å². The minimum atomic E-state index is -0.346. The van der Waals surface area contributed by atoms with Gasteiger partial charge in [0.25, 0.3) is 0 Å². The van der Waals surface area contributed by atoms with Gasteiger partial charge < -0.3 is 10.1 Å². The summed E-state index contributed by atoms with van der Waals surface area (Å²) in [6.45, 7) is 0. The second-order valence-electron chi connectivity index (χ2n) is 5.87. The molecular weight excluding hydrogens is 424 g/mol. The van der Waals surface area contributed by atoms with Crippen molar-refractivity contribution in [2.24, 2.45) is 0 Å². The summed E-state index contributed by atoms with van der Waals surface area (Å²) in [5.41, 5.74) is 3.26. The maximum absolute atomic E-state index is 11.9. The Hall–Kier alpha value is -2.70. The molecule has 2 aromatic carbocycles. The Labute approximate surface area is 169 Å². The van der Waals surface area contributed by atoms with Crippen molar-refractivity contribution in [1.82, 2.24) is 4.98 Å². The molecule has 0 radical (unpaired) electrons. The number of nitrogens with zero attached hydrogens (tertiary/aromatic N) is 1. The molecular formula is C21H15BrN2O2S. The predicted octanol–water partition coefficient (Wildman–Crippen LogP) is 6.26. The van der Waals surface area contributed by atoms with Crippen LogP contribution in [0.5, 0.6) is 0 Å². The molecule has 0 atom stereocenters. The van der Waals surface area contributed by atoms with Crippen LogP contribution >= 0.6 is 27.3 Å². The van der Waals surface area contributed by atoms with Gasteiger partial charge in [0.15, 0.2) is 0 Å². The Morgan fingerprint density at radius 3 is 2.48 bits per heavy atom. The van der Waals surface area contributed by atoms with Gasteiger partial charge in [-0.3, -0.25) is 0 Å². The number of rotatable bonds is 4. The molecule has 1 N–H and O–H groups in total. The SMILES string of the molecule is COC(=O)c1cc2c(Br)cnc(Nc3ccc(-c4ccccc4)cc3)c2s1. The first-order valence-electron chi connectivity index (χ1n) is 8.24. The Kier molecular flexibility index (Phi) is 4.92. The Morgan fingerprint density at radius 1 is 1.07 bits per heavy atom. The van der Waals surface area contributed by atoms with Gasteiger partial charge in [-0.1, -0.05) is 42.5 Å². The first-order chi connectivity index (χ1) is 13.2. The maximum Gasteiger partial charge on any atom is 0.348 e. The number of hydrogen-bond acceptors (Lipinski definition) is 5. The zero-order chi connectivity index (χ0) is 18.8. The molecule has 4 aromatic rings. The van der Waals surface area contributed by atoms with Gasteiger partial charge in [-0.2, -0.15) is 0 Å². The molecule has 0 spiro atoms. The molecule has 0 bridgehead atoms. The van der Waals surface area contributed by atoms with E-state index in [4.69, 9.17) is 4.74 Å². The topological polar surface area (TPSA) is 51.2 Å². The van der Waals surface area contributed by atoms with E-state index < -0.39 is 0 Å². The standard InChI is InChI=1S/C21H15BrN2O2S/c1-26-21(25)18-11-16-17(22)12-23-20(19(16)27-18)24-15-9-7-14(8-10-15)13-5-3-2-4-6-13/h2-12H,1H3,(H,23,24). The fourth-order valence-corrected chi connectivity index (χ4v) is 4.39. The molecule has 0 fully saturated rings. The second-order valence-corrected chi connectivity index (χ2v) is 7.77. The van der Waals surface area contributed by atoms with Crippen molar-refractivity contribution >= 4 is 54.8 Å². The molecule has 0 aliphatic carbocycles. The van der Waals surface area contributed by atoms with Crippen LogP contribution in [-0.4, -0.2) is 18.1 Å². The van der Waals surface area contributed by atoms with Crippen molar-refractivity contribution in [2.45, 2.75) is 0 Å². The van der Waals surface area contributed by atoms with Gasteiger partial charge in [-0.05, 0) is 45.3 Å². The quantitative estimate of drug-likeness (QED) is 0.382. The van der Waals surface area contributed by atoms with Crippen molar-refractivity contribution in [1.29, 1.82) is 0 Å². The molecule has 6 heteroatoms. The predicted molar refractivity (Wildman–Crippen MR) is 114 cm³/mol. The lowest BCUT2D eigenvalue weighted by Gasteiger charge is -2.08. The lowest BCUT2D eigenvalue weighted by atomic mass is 10.1. The van der Waals surface area contributed by atoms with Crippen LogP contribution in [0.25, 0.3) is 21.2 Å². The normalized spacial score (nSPS) is 10.7. The fourth-order valence-electron chi connectivity index (χ4n) is 2.80. The van der Waals surface area contributed by atoms with Crippen LogP contribution in [0.2, 0.25) is 0 Å². The van der Waals surface area contributed by atoms with E-state index in [1.807, 2.05) is 36.4 Å². The molecule has 0 saturated carbocycles. The van der Waals surface area contributed by atoms with Crippen molar-refractivity contribution in [3.05, 3.63) is 76.2 Å². The highest BCUT2D eigenvalue weighted by Gasteiger charge is 2.16. The van der Waals surface area contributed by atoms with Gasteiger partial charge in [0.2, 0.25) is 0 Å². The van der Waals surface area contributed by atoms with Crippen molar-refractivity contribution in [3.63, 3.8) is 0 Å². The number of halogens is 1. The van der Waals surface area contributed by atoms with Crippen LogP contribution in [0.4, 0.5) is 11.5 Å². The smallest absolute Gasteiger partial charge is 0.348 e. The van der Waals surface area contributed by atoms with Crippen LogP contribution < -0.4 is 5.32 Å². The number of thiophene rings is 1. The number of pyridine rings is 1. The van der Waals surface area contributed by atoms with Crippen molar-refractivity contribution in [3.8, 4) is 11.1 Å². The molecule has 2 heterocycles. The number of anilines is 2. The summed E-state index contributed by atoms with van der Waals surface area (Å²) in [5, 5.41) is 4.28. The van der Waals surface area contributed by atoms with Crippen molar-refractivity contribution in [2.75, 3.05) is 12.4 Å². The summed E-state index contributed by atoms with van der Waals surface area (Å²) in [7, 11) is 1.38. The summed E-state index contributed by atoms with van der Waals surface area (Å²) in [6, 6.07) is 20.2. The van der Waals surface area contributed by atoms with Gasteiger partial charge in [0.05, 0.1) is 11.8 Å². The molecule has 0 saturated heterocycles. The minimum Gasteiger partial charge on any atom is -0.465 e. The molecule has 4 rings (SSSR count). The third-order valence-electron chi connectivity index (χ3n) is 4.15. The van der Waals surface area contributed by atoms with E-state index >= 15 is 0 Å². The monoisotopic (exact) mass is 438 g/mol. The van der Waals surface area contributed by atoms with Crippen LogP contribution in [0, 0.1) is 0 Å². The zero-order valence-electron chi connectivity index (χ0n) is 14.4. The van der Waals surface area contributed by atoms with Gasteiger partial charge >= 0.3 is 5.97 Å². The van der Waals surface area contributed by atoms with Gasteiger partial charge in [0, 0.05) is 21.7 Å². The number of esters is 1. The number of carbonyl (C=O) groups excluding carboxylic acids is 1. The van der Waals surface area contributed by atoms with E-state index in [0.717, 1.165) is 25.8 Å². The summed E-state index contributed by atoms with van der Waals surface area (Å²) in [4.78, 5) is 16.9. The van der Waals surface area contributed by atoms with E-state index in [1.165, 1.54) is 24.0 Å². The summed E-state index contributed by atoms with van der Waals surface area (Å²) < 4.78 is 6.58. The van der Waals surface area contributed by atoms with Gasteiger partial charge in [-0.25, -0.2) is 9.78 Å². The Morgan fingerprint density at radius 2 is 1.78 bits per heavy atom. The van der Waals surface area contributed by atoms with Crippen LogP contribution in [-0.2, 0) is 4.74 Å². The lowest BCUT2D eigenvalue weighted by molar-refractivity contribution is 0.0606. The Balaban J connectivity index is 1.66. The second kappa shape index (κ2) is 7.50. The zero-order valence-corrected chi connectivity index (χ0v) is 16.8. The largest absolute Gasteiger partial charge is 0.465 e. The van der Waals surface area contributed by atoms with E-state index in [2.05, 4.69) is 50.5 Å². The van der Waals surface area contributed by atoms with E-state index in [1.54, 1.807) is 6.20 Å². The lowest BCUT2D eigenvalue weighted by Crippen LogP contribution is -1.96. The number of carbonyl (C=O) groups is 1. The Bertz CT molecular complexity index is 1110. The van der Waals surface area contributed by atoms with E-state index in [9.17, 15) is 4.79 Å². The van der Waals surface area contributed by atoms with Crippen LogP contribution in [0.1, 0.15) is 9.67 Å². The molecule has 0 aliphatic rings. The highest BCUT2D eigenvalue weighted by molar-refractivity contribution is 9.10. The third-order valence-corrected chi connectivity index (χ3v) is 5.91. The maximum atomic E-state index is 11.9. The average molecular weight is 439 g/mol. The molecule has 2 aromatic heterocycles. The highest BCUT2D eigenvalue weighted by atomic mass is 79.9. The highest BCUT2D eigenvalue weighted by Crippen LogP contribution is 2.37. The summed E-state index contributed by atoms with van der Waals surface area (Å²) >= 11 is 4.86. The fraction of sp³-hybridized carbons (Fsp3) is 0.0476. The molecule has 0 amide bonds. The molecule has 134 valence electrons. The number of hydrogen-bond donors (Lipinski definition) is 1. The summed E-state index contributed by atoms with van der Waals surface area (Å²) in [6.07, 6.45) is 1.73. The van der Waals surface area contributed by atoms with E-state index in [0.29, 0.717) is 10.7 Å². The van der Waals surface area contributed by atoms with Gasteiger partial charge in [0.1, 0.15) is 10.7 Å². The third kappa shape index (κ3) is 3.59. The molecule has 0 unspecified atom stereocenters. The minimum absolute atomic E-state index is 0.346. The van der Waals surface area contributed by atoms with Crippen LogP contribution in [0.3, 0.4) is 0 Å². The van der Waals surface area contributed by atoms with E-state index in [-0.39, 0.29) is 5.97 Å².